The maximum Gasteiger partial charge on any atom is 0.263 e. The number of rotatable bonds is 3. The van der Waals surface area contributed by atoms with Gasteiger partial charge in [-0.2, -0.15) is 0 Å². The summed E-state index contributed by atoms with van der Waals surface area (Å²) < 4.78 is 13.9. The summed E-state index contributed by atoms with van der Waals surface area (Å²) in [4.78, 5) is 25.6. The van der Waals surface area contributed by atoms with Crippen LogP contribution in [0.15, 0.2) is 18.2 Å². The molecule has 7 nitrogen and oxygen atoms in total. The van der Waals surface area contributed by atoms with Crippen LogP contribution in [0.5, 0.6) is 0 Å². The Kier molecular flexibility index (Phi) is 4.99. The average Bonchev–Trinajstić information content (AvgIpc) is 3.10. The number of piperidine rings is 1. The van der Waals surface area contributed by atoms with Gasteiger partial charge in [0.1, 0.15) is 21.3 Å². The highest BCUT2D eigenvalue weighted by molar-refractivity contribution is 7.21. The summed E-state index contributed by atoms with van der Waals surface area (Å²) in [7, 11) is 0. The predicted octanol–water partition coefficient (Wildman–Crippen LogP) is 2.81. The normalized spacial score (nSPS) is 24.2. The number of aromatic nitrogens is 2. The summed E-state index contributed by atoms with van der Waals surface area (Å²) in [5, 5.41) is 7.12. The van der Waals surface area contributed by atoms with Gasteiger partial charge in [0.05, 0.1) is 11.4 Å². The van der Waals surface area contributed by atoms with Crippen LogP contribution in [0.4, 0.5) is 15.9 Å². The van der Waals surface area contributed by atoms with Gasteiger partial charge in [-0.15, -0.1) is 11.3 Å². The molecule has 33 heavy (non-hydrogen) atoms. The van der Waals surface area contributed by atoms with E-state index in [1.54, 1.807) is 6.92 Å². The Bertz CT molecular complexity index is 1260. The minimum absolute atomic E-state index is 0.0182. The lowest BCUT2D eigenvalue weighted by Crippen LogP contribution is -2.64. The summed E-state index contributed by atoms with van der Waals surface area (Å²) in [6, 6.07) is 6.25. The summed E-state index contributed by atoms with van der Waals surface area (Å²) in [6.45, 7) is 4.88. The number of nitrogens with two attached hydrogens (primary N) is 1. The number of aryl methyl sites for hydroxylation is 2. The van der Waals surface area contributed by atoms with Gasteiger partial charge in [-0.3, -0.25) is 4.79 Å². The lowest BCUT2D eigenvalue weighted by atomic mass is 9.83. The van der Waals surface area contributed by atoms with Crippen LogP contribution < -0.4 is 21.3 Å². The highest BCUT2D eigenvalue weighted by Gasteiger charge is 2.41. The van der Waals surface area contributed by atoms with E-state index in [2.05, 4.69) is 32.7 Å². The van der Waals surface area contributed by atoms with Crippen molar-refractivity contribution in [3.63, 3.8) is 0 Å². The second kappa shape index (κ2) is 7.92. The Labute approximate surface area is 195 Å². The van der Waals surface area contributed by atoms with E-state index >= 15 is 0 Å². The number of hydrogen-bond donors (Lipinski definition) is 3. The highest BCUT2D eigenvalue weighted by atomic mass is 32.1. The van der Waals surface area contributed by atoms with Crippen LogP contribution in [-0.4, -0.2) is 47.6 Å². The number of anilines is 2. The molecule has 2 fully saturated rings. The molecule has 2 saturated heterocycles. The zero-order valence-corrected chi connectivity index (χ0v) is 19.3. The standard InChI is InChI=1S/C24H27FN6OS/c1-12-17(25)9-16-21(26)22(33-24(16)28-12)23(32)29-15-3-4-18-13(8-15)2-5-20(30-18)31-11-14-6-7-27-10-19(14)31/h2,5,9,14-15,19,27H,3-4,6-8,10-11,26H2,1H3,(H,29,32). The van der Waals surface area contributed by atoms with Crippen LogP contribution >= 0.6 is 11.3 Å². The SMILES string of the molecule is Cc1nc2sc(C(=O)NC3CCc4nc(N5CC6CCNCC65)ccc4C3)c(N)c2cc1F. The first kappa shape index (κ1) is 20.8. The second-order valence-corrected chi connectivity index (χ2v) is 10.4. The molecule has 3 aromatic rings. The summed E-state index contributed by atoms with van der Waals surface area (Å²) >= 11 is 1.21. The number of nitrogens with zero attached hydrogens (tertiary/aromatic N) is 3. The van der Waals surface area contributed by atoms with Crippen LogP contribution in [0, 0.1) is 18.7 Å². The van der Waals surface area contributed by atoms with Gasteiger partial charge in [0.15, 0.2) is 0 Å². The van der Waals surface area contributed by atoms with Gasteiger partial charge in [0, 0.05) is 36.3 Å². The monoisotopic (exact) mass is 466 g/mol. The molecule has 0 spiro atoms. The lowest BCUT2D eigenvalue weighted by Gasteiger charge is -2.51. The maximum atomic E-state index is 13.9. The topological polar surface area (TPSA) is 96.2 Å². The van der Waals surface area contributed by atoms with E-state index in [4.69, 9.17) is 10.7 Å². The van der Waals surface area contributed by atoms with Crippen LogP contribution in [0.1, 0.15) is 39.5 Å². The summed E-state index contributed by atoms with van der Waals surface area (Å²) in [6.07, 6.45) is 3.67. The summed E-state index contributed by atoms with van der Waals surface area (Å²) in [5.74, 6) is 1.24. The Hall–Kier alpha value is -2.78. The molecule has 0 saturated carbocycles. The van der Waals surface area contributed by atoms with E-state index in [1.807, 2.05) is 0 Å². The molecule has 3 aromatic heterocycles. The van der Waals surface area contributed by atoms with Crippen LogP contribution in [0.3, 0.4) is 0 Å². The van der Waals surface area contributed by atoms with Crippen LogP contribution in [0.25, 0.3) is 10.2 Å². The van der Waals surface area contributed by atoms with E-state index in [0.29, 0.717) is 32.5 Å². The van der Waals surface area contributed by atoms with Gasteiger partial charge in [0.25, 0.3) is 5.91 Å². The second-order valence-electron chi connectivity index (χ2n) is 9.41. The molecule has 172 valence electrons. The Balaban J connectivity index is 1.15. The Morgan fingerprint density at radius 1 is 1.33 bits per heavy atom. The fraction of sp³-hybridized carbons (Fsp3) is 0.458. The van der Waals surface area contributed by atoms with Crippen molar-refractivity contribution in [3.05, 3.63) is 45.8 Å². The van der Waals surface area contributed by atoms with E-state index in [0.717, 1.165) is 56.3 Å². The number of pyridine rings is 2. The van der Waals surface area contributed by atoms with Crippen molar-refractivity contribution in [1.82, 2.24) is 20.6 Å². The first-order valence-electron chi connectivity index (χ1n) is 11.6. The number of nitrogens with one attached hydrogen (secondary N) is 2. The molecule has 2 aliphatic heterocycles. The number of halogens is 1. The van der Waals surface area contributed by atoms with Crippen molar-refractivity contribution in [2.24, 2.45) is 5.92 Å². The van der Waals surface area contributed by atoms with Crippen molar-refractivity contribution < 1.29 is 9.18 Å². The molecule has 0 bridgehead atoms. The van der Waals surface area contributed by atoms with Gasteiger partial charge in [0.2, 0.25) is 0 Å². The first-order valence-corrected chi connectivity index (χ1v) is 12.4. The van der Waals surface area contributed by atoms with Gasteiger partial charge in [-0.1, -0.05) is 6.07 Å². The number of fused-ring (bicyclic) bond motifs is 3. The predicted molar refractivity (Wildman–Crippen MR) is 128 cm³/mol. The molecular formula is C24H27FN6OS. The number of nitrogen functional groups attached to an aromatic ring is 1. The quantitative estimate of drug-likeness (QED) is 0.549. The van der Waals surface area contributed by atoms with Gasteiger partial charge >= 0.3 is 0 Å². The van der Waals surface area contributed by atoms with E-state index < -0.39 is 5.82 Å². The van der Waals surface area contributed by atoms with Gasteiger partial charge < -0.3 is 21.3 Å². The first-order chi connectivity index (χ1) is 16.0. The molecule has 3 atom stereocenters. The Morgan fingerprint density at radius 3 is 3.06 bits per heavy atom. The number of thiophene rings is 1. The zero-order valence-electron chi connectivity index (χ0n) is 18.5. The van der Waals surface area contributed by atoms with Gasteiger partial charge in [-0.05, 0) is 62.8 Å². The van der Waals surface area contributed by atoms with Crippen molar-refractivity contribution in [2.75, 3.05) is 30.3 Å². The number of carbonyl (C=O) groups is 1. The molecule has 3 aliphatic rings. The molecule has 3 unspecified atom stereocenters. The Morgan fingerprint density at radius 2 is 2.21 bits per heavy atom. The number of amides is 1. The molecule has 4 N–H and O–H groups in total. The van der Waals surface area contributed by atoms with Crippen molar-refractivity contribution >= 4 is 39.0 Å². The molecule has 0 aromatic carbocycles. The minimum atomic E-state index is -0.414. The van der Waals surface area contributed by atoms with Crippen LogP contribution in [-0.2, 0) is 12.8 Å². The summed E-state index contributed by atoms with van der Waals surface area (Å²) in [5.41, 5.74) is 9.11. The number of carbonyl (C=O) groups excluding carboxylic acids is 1. The zero-order chi connectivity index (χ0) is 22.7. The molecule has 5 heterocycles. The molecule has 1 amide bonds. The smallest absolute Gasteiger partial charge is 0.263 e. The minimum Gasteiger partial charge on any atom is -0.397 e. The van der Waals surface area contributed by atoms with E-state index in [9.17, 15) is 9.18 Å². The molecular weight excluding hydrogens is 439 g/mol. The molecule has 1 aliphatic carbocycles. The van der Waals surface area contributed by atoms with E-state index in [1.165, 1.54) is 29.4 Å². The number of hydrogen-bond acceptors (Lipinski definition) is 7. The maximum absolute atomic E-state index is 13.9. The third-order valence-corrected chi connectivity index (χ3v) is 8.47. The van der Waals surface area contributed by atoms with Crippen molar-refractivity contribution in [2.45, 2.75) is 44.7 Å². The third kappa shape index (κ3) is 3.54. The van der Waals surface area contributed by atoms with Gasteiger partial charge in [-0.25, -0.2) is 14.4 Å². The molecule has 6 rings (SSSR count). The van der Waals surface area contributed by atoms with Crippen molar-refractivity contribution in [3.8, 4) is 0 Å². The fourth-order valence-electron chi connectivity index (χ4n) is 5.39. The molecule has 9 heteroatoms. The third-order valence-electron chi connectivity index (χ3n) is 7.36. The highest BCUT2D eigenvalue weighted by Crippen LogP contribution is 2.36. The largest absolute Gasteiger partial charge is 0.397 e. The van der Waals surface area contributed by atoms with E-state index in [-0.39, 0.29) is 11.9 Å². The van der Waals surface area contributed by atoms with Crippen molar-refractivity contribution in [1.29, 1.82) is 0 Å². The fourth-order valence-corrected chi connectivity index (χ4v) is 6.42. The lowest BCUT2D eigenvalue weighted by molar-refractivity contribution is 0.0938. The average molecular weight is 467 g/mol. The van der Waals surface area contributed by atoms with Crippen LogP contribution in [0.2, 0.25) is 0 Å². The molecule has 0 radical (unpaired) electrons.